The summed E-state index contributed by atoms with van der Waals surface area (Å²) in [5.41, 5.74) is 8.12. The molecule has 0 aliphatic carbocycles. The molecule has 0 saturated carbocycles. The van der Waals surface area contributed by atoms with Gasteiger partial charge in [-0.3, -0.25) is 4.40 Å². The van der Waals surface area contributed by atoms with Crippen LogP contribution >= 0.6 is 0 Å². The first-order valence-electron chi connectivity index (χ1n) is 12.7. The van der Waals surface area contributed by atoms with Crippen LogP contribution in [0.1, 0.15) is 0 Å². The van der Waals surface area contributed by atoms with E-state index in [2.05, 4.69) is 118 Å². The van der Waals surface area contributed by atoms with Gasteiger partial charge in [0.05, 0.1) is 0 Å². The van der Waals surface area contributed by atoms with Crippen molar-refractivity contribution in [2.75, 3.05) is 0 Å². The van der Waals surface area contributed by atoms with E-state index >= 15 is 0 Å². The number of hydrogen-bond donors (Lipinski definition) is 0. The average Bonchev–Trinajstić information content (AvgIpc) is 3.60. The van der Waals surface area contributed by atoms with Gasteiger partial charge in [-0.05, 0) is 22.6 Å². The number of rotatable bonds is 3. The smallest absolute Gasteiger partial charge is 0.168 e. The summed E-state index contributed by atoms with van der Waals surface area (Å²) in [6.07, 6.45) is 2.04. The molecule has 3 heterocycles. The minimum absolute atomic E-state index is 0.826. The standard InChI is InChI=1S/C34H21N3O/c1-2-8-22(9-3-1)26-12-6-14-29-30-15-7-13-27(32(30)38-31(26)29)24-16-18-25(19-17-24)33-35-36-34-28-11-5-4-10-23(28)20-21-37(33)34/h1-21H. The number of furan rings is 1. The van der Waals surface area contributed by atoms with E-state index in [0.29, 0.717) is 0 Å². The van der Waals surface area contributed by atoms with Crippen molar-refractivity contribution >= 4 is 38.4 Å². The van der Waals surface area contributed by atoms with Crippen molar-refractivity contribution in [3.63, 3.8) is 0 Å². The van der Waals surface area contributed by atoms with Gasteiger partial charge in [-0.1, -0.05) is 115 Å². The molecule has 4 nitrogen and oxygen atoms in total. The van der Waals surface area contributed by atoms with Crippen molar-refractivity contribution in [1.29, 1.82) is 0 Å². The van der Waals surface area contributed by atoms with E-state index in [4.69, 9.17) is 4.42 Å². The minimum atomic E-state index is 0.826. The molecule has 8 rings (SSSR count). The van der Waals surface area contributed by atoms with Crippen LogP contribution in [-0.2, 0) is 0 Å². The molecule has 0 bridgehead atoms. The molecule has 0 unspecified atom stereocenters. The Labute approximate surface area is 218 Å². The first kappa shape index (κ1) is 20.9. The summed E-state index contributed by atoms with van der Waals surface area (Å²) in [5.74, 6) is 0.826. The maximum Gasteiger partial charge on any atom is 0.168 e. The van der Waals surface area contributed by atoms with E-state index in [-0.39, 0.29) is 0 Å². The summed E-state index contributed by atoms with van der Waals surface area (Å²) in [5, 5.41) is 13.5. The number of pyridine rings is 1. The number of aromatic nitrogens is 3. The fraction of sp³-hybridized carbons (Fsp3) is 0. The van der Waals surface area contributed by atoms with Crippen LogP contribution in [0, 0.1) is 0 Å². The second-order valence-electron chi connectivity index (χ2n) is 9.53. The van der Waals surface area contributed by atoms with Crippen LogP contribution in [0.4, 0.5) is 0 Å². The molecule has 0 radical (unpaired) electrons. The van der Waals surface area contributed by atoms with E-state index in [0.717, 1.165) is 72.0 Å². The maximum atomic E-state index is 6.60. The van der Waals surface area contributed by atoms with Gasteiger partial charge < -0.3 is 4.42 Å². The van der Waals surface area contributed by atoms with Crippen molar-refractivity contribution < 1.29 is 4.42 Å². The first-order valence-corrected chi connectivity index (χ1v) is 12.7. The predicted molar refractivity (Wildman–Crippen MR) is 154 cm³/mol. The molecule has 0 aliphatic rings. The van der Waals surface area contributed by atoms with Gasteiger partial charge in [-0.15, -0.1) is 10.2 Å². The van der Waals surface area contributed by atoms with Crippen molar-refractivity contribution in [2.45, 2.75) is 0 Å². The van der Waals surface area contributed by atoms with Crippen molar-refractivity contribution in [1.82, 2.24) is 14.6 Å². The highest BCUT2D eigenvalue weighted by molar-refractivity contribution is 6.13. The number of fused-ring (bicyclic) bond motifs is 6. The van der Waals surface area contributed by atoms with Gasteiger partial charge in [0, 0.05) is 39.0 Å². The highest BCUT2D eigenvalue weighted by atomic mass is 16.3. The van der Waals surface area contributed by atoms with Crippen LogP contribution in [0.2, 0.25) is 0 Å². The highest BCUT2D eigenvalue weighted by Crippen LogP contribution is 2.40. The van der Waals surface area contributed by atoms with E-state index in [1.165, 1.54) is 0 Å². The lowest BCUT2D eigenvalue weighted by Gasteiger charge is -2.06. The second kappa shape index (κ2) is 8.15. The maximum absolute atomic E-state index is 6.60. The molecular weight excluding hydrogens is 466 g/mol. The third kappa shape index (κ3) is 3.10. The van der Waals surface area contributed by atoms with Gasteiger partial charge >= 0.3 is 0 Å². The van der Waals surface area contributed by atoms with Crippen molar-refractivity contribution in [3.8, 4) is 33.6 Å². The summed E-state index contributed by atoms with van der Waals surface area (Å²) in [7, 11) is 0. The second-order valence-corrected chi connectivity index (χ2v) is 9.53. The van der Waals surface area contributed by atoms with E-state index in [9.17, 15) is 0 Å². The van der Waals surface area contributed by atoms with Crippen LogP contribution in [0.25, 0.3) is 72.0 Å². The normalized spacial score (nSPS) is 11.7. The van der Waals surface area contributed by atoms with Gasteiger partial charge in [0.25, 0.3) is 0 Å². The molecule has 0 atom stereocenters. The fourth-order valence-electron chi connectivity index (χ4n) is 5.51. The summed E-state index contributed by atoms with van der Waals surface area (Å²) in [6.45, 7) is 0. The van der Waals surface area contributed by atoms with Gasteiger partial charge in [-0.2, -0.15) is 0 Å². The van der Waals surface area contributed by atoms with Crippen molar-refractivity contribution in [2.24, 2.45) is 0 Å². The lowest BCUT2D eigenvalue weighted by Crippen LogP contribution is -1.90. The van der Waals surface area contributed by atoms with Crippen LogP contribution in [-0.4, -0.2) is 14.6 Å². The molecule has 5 aromatic carbocycles. The number of para-hydroxylation sites is 2. The Hall–Kier alpha value is -5.22. The number of benzene rings is 5. The summed E-state index contributed by atoms with van der Waals surface area (Å²) in [4.78, 5) is 0. The SMILES string of the molecule is c1ccc(-c2cccc3c2oc2c(-c4ccc(-c5nnc6c7ccccc7ccn56)cc4)cccc23)cc1. The molecule has 3 aromatic heterocycles. The fourth-order valence-corrected chi connectivity index (χ4v) is 5.51. The summed E-state index contributed by atoms with van der Waals surface area (Å²) < 4.78 is 8.66. The van der Waals surface area contributed by atoms with Gasteiger partial charge in [0.2, 0.25) is 0 Å². The molecule has 0 amide bonds. The Kier molecular flexibility index (Phi) is 4.49. The molecule has 0 fully saturated rings. The van der Waals surface area contributed by atoms with E-state index in [1.54, 1.807) is 0 Å². The largest absolute Gasteiger partial charge is 0.455 e. The number of hydrogen-bond acceptors (Lipinski definition) is 3. The zero-order valence-corrected chi connectivity index (χ0v) is 20.4. The van der Waals surface area contributed by atoms with Crippen LogP contribution in [0.3, 0.4) is 0 Å². The Morgan fingerprint density at radius 1 is 0.474 bits per heavy atom. The molecule has 0 N–H and O–H groups in total. The Morgan fingerprint density at radius 2 is 1.08 bits per heavy atom. The van der Waals surface area contributed by atoms with E-state index in [1.807, 2.05) is 24.4 Å². The van der Waals surface area contributed by atoms with Crippen LogP contribution in [0.5, 0.6) is 0 Å². The van der Waals surface area contributed by atoms with E-state index < -0.39 is 0 Å². The lowest BCUT2D eigenvalue weighted by molar-refractivity contribution is 0.671. The zero-order valence-electron chi connectivity index (χ0n) is 20.4. The zero-order chi connectivity index (χ0) is 25.1. The Balaban J connectivity index is 1.25. The lowest BCUT2D eigenvalue weighted by atomic mass is 9.99. The first-order chi connectivity index (χ1) is 18.8. The molecule has 0 saturated heterocycles. The van der Waals surface area contributed by atoms with Crippen molar-refractivity contribution in [3.05, 3.63) is 128 Å². The van der Waals surface area contributed by atoms with Gasteiger partial charge in [0.1, 0.15) is 11.2 Å². The molecule has 4 heteroatoms. The quantitative estimate of drug-likeness (QED) is 0.250. The molecule has 178 valence electrons. The predicted octanol–water partition coefficient (Wildman–Crippen LogP) is 8.78. The molecular formula is C34H21N3O. The summed E-state index contributed by atoms with van der Waals surface area (Å²) in [6, 6.07) is 42.0. The third-order valence-corrected chi connectivity index (χ3v) is 7.36. The molecule has 0 aliphatic heterocycles. The van der Waals surface area contributed by atoms with Gasteiger partial charge in [0.15, 0.2) is 11.5 Å². The van der Waals surface area contributed by atoms with Crippen LogP contribution in [0.15, 0.2) is 132 Å². The monoisotopic (exact) mass is 487 g/mol. The molecule has 38 heavy (non-hydrogen) atoms. The van der Waals surface area contributed by atoms with Gasteiger partial charge in [-0.25, -0.2) is 0 Å². The Morgan fingerprint density at radius 3 is 1.82 bits per heavy atom. The topological polar surface area (TPSA) is 43.3 Å². The summed E-state index contributed by atoms with van der Waals surface area (Å²) >= 11 is 0. The van der Waals surface area contributed by atoms with Crippen LogP contribution < -0.4 is 0 Å². The third-order valence-electron chi connectivity index (χ3n) is 7.36. The molecule has 0 spiro atoms. The highest BCUT2D eigenvalue weighted by Gasteiger charge is 2.16. The number of nitrogens with zero attached hydrogens (tertiary/aromatic N) is 3. The molecule has 8 aromatic rings. The average molecular weight is 488 g/mol. The Bertz CT molecular complexity index is 2120. The minimum Gasteiger partial charge on any atom is -0.455 e.